The fraction of sp³-hybridized carbons (Fsp3) is 0.700. The number of hydrogen-bond acceptors (Lipinski definition) is 4. The summed E-state index contributed by atoms with van der Waals surface area (Å²) in [5.74, 6) is 0. The number of ether oxygens (including phenoxy) is 1. The van der Waals surface area contributed by atoms with Gasteiger partial charge in [-0.1, -0.05) is 0 Å². The van der Waals surface area contributed by atoms with Crippen molar-refractivity contribution in [3.8, 4) is 0 Å². The van der Waals surface area contributed by atoms with Crippen molar-refractivity contribution >= 4 is 0 Å². The lowest BCUT2D eigenvalue weighted by atomic mass is 10.4. The minimum absolute atomic E-state index is 0.188. The Labute approximate surface area is 90.3 Å². The van der Waals surface area contributed by atoms with Crippen molar-refractivity contribution in [2.45, 2.75) is 6.54 Å². The summed E-state index contributed by atoms with van der Waals surface area (Å²) in [6, 6.07) is 0. The van der Waals surface area contributed by atoms with Crippen LogP contribution in [-0.4, -0.2) is 59.5 Å². The fourth-order valence-corrected chi connectivity index (χ4v) is 1.37. The van der Waals surface area contributed by atoms with E-state index in [9.17, 15) is 0 Å². The highest BCUT2D eigenvalue weighted by molar-refractivity contribution is 4.74. The van der Waals surface area contributed by atoms with Crippen LogP contribution in [0.1, 0.15) is 0 Å². The molecular formula is C10H19N3O2. The Morgan fingerprint density at radius 1 is 1.40 bits per heavy atom. The number of nitrogens with zero attached hydrogens (tertiary/aromatic N) is 3. The van der Waals surface area contributed by atoms with E-state index in [4.69, 9.17) is 9.84 Å². The second kappa shape index (κ2) is 7.39. The van der Waals surface area contributed by atoms with Gasteiger partial charge in [-0.15, -0.1) is 0 Å². The quantitative estimate of drug-likeness (QED) is 0.651. The Morgan fingerprint density at radius 2 is 2.27 bits per heavy atom. The molecule has 5 heteroatoms. The van der Waals surface area contributed by atoms with Gasteiger partial charge in [0, 0.05) is 45.7 Å². The van der Waals surface area contributed by atoms with Crippen LogP contribution in [0.25, 0.3) is 0 Å². The second-order valence-corrected chi connectivity index (χ2v) is 3.36. The molecule has 1 N–H and O–H groups in total. The zero-order chi connectivity index (χ0) is 10.9. The van der Waals surface area contributed by atoms with E-state index in [0.29, 0.717) is 13.2 Å². The molecule has 0 bridgehead atoms. The van der Waals surface area contributed by atoms with Gasteiger partial charge in [0.15, 0.2) is 0 Å². The average molecular weight is 213 g/mol. The van der Waals surface area contributed by atoms with E-state index in [1.807, 2.05) is 10.8 Å². The van der Waals surface area contributed by atoms with Crippen molar-refractivity contribution in [2.24, 2.45) is 0 Å². The lowest BCUT2D eigenvalue weighted by Gasteiger charge is -2.20. The molecule has 0 amide bonds. The maximum Gasteiger partial charge on any atom is 0.0946 e. The summed E-state index contributed by atoms with van der Waals surface area (Å²) < 4.78 is 7.04. The monoisotopic (exact) mass is 213 g/mol. The van der Waals surface area contributed by atoms with E-state index in [0.717, 1.165) is 19.6 Å². The molecule has 0 aliphatic carbocycles. The fourth-order valence-electron chi connectivity index (χ4n) is 1.37. The lowest BCUT2D eigenvalue weighted by molar-refractivity contribution is 0.128. The number of aliphatic hydroxyl groups is 1. The van der Waals surface area contributed by atoms with Gasteiger partial charge >= 0.3 is 0 Å². The van der Waals surface area contributed by atoms with Gasteiger partial charge in [0.05, 0.1) is 19.5 Å². The number of aliphatic hydroxyl groups excluding tert-OH is 1. The lowest BCUT2D eigenvalue weighted by Crippen LogP contribution is -2.33. The highest BCUT2D eigenvalue weighted by Crippen LogP contribution is 1.92. The highest BCUT2D eigenvalue weighted by atomic mass is 16.5. The molecule has 0 aliphatic rings. The van der Waals surface area contributed by atoms with Crippen LogP contribution in [-0.2, 0) is 11.3 Å². The van der Waals surface area contributed by atoms with Crippen molar-refractivity contribution < 1.29 is 9.84 Å². The van der Waals surface area contributed by atoms with Crippen LogP contribution in [0.4, 0.5) is 0 Å². The molecule has 0 atom stereocenters. The Bertz CT molecular complexity index is 239. The maximum atomic E-state index is 8.89. The maximum absolute atomic E-state index is 8.89. The summed E-state index contributed by atoms with van der Waals surface area (Å²) in [7, 11) is 1.69. The minimum Gasteiger partial charge on any atom is -0.395 e. The Morgan fingerprint density at radius 3 is 2.87 bits per heavy atom. The third kappa shape index (κ3) is 4.92. The van der Waals surface area contributed by atoms with E-state index >= 15 is 0 Å². The molecule has 0 fully saturated rings. The number of imidazole rings is 1. The molecule has 0 radical (unpaired) electrons. The van der Waals surface area contributed by atoms with Gasteiger partial charge in [-0.25, -0.2) is 4.98 Å². The van der Waals surface area contributed by atoms with Crippen LogP contribution in [0.2, 0.25) is 0 Å². The third-order valence-corrected chi connectivity index (χ3v) is 2.26. The molecule has 0 saturated carbocycles. The second-order valence-electron chi connectivity index (χ2n) is 3.36. The summed E-state index contributed by atoms with van der Waals surface area (Å²) in [5.41, 5.74) is 0. The van der Waals surface area contributed by atoms with Crippen molar-refractivity contribution in [1.82, 2.24) is 14.5 Å². The van der Waals surface area contributed by atoms with Crippen LogP contribution in [0.5, 0.6) is 0 Å². The molecule has 0 spiro atoms. The van der Waals surface area contributed by atoms with Crippen LogP contribution in [0, 0.1) is 0 Å². The number of rotatable bonds is 8. The van der Waals surface area contributed by atoms with Crippen molar-refractivity contribution in [3.05, 3.63) is 18.7 Å². The number of methoxy groups -OCH3 is 1. The zero-order valence-corrected chi connectivity index (χ0v) is 9.17. The first-order chi connectivity index (χ1) is 7.36. The number of aromatic nitrogens is 2. The number of hydrogen-bond donors (Lipinski definition) is 1. The van der Waals surface area contributed by atoms with Gasteiger partial charge in [0.25, 0.3) is 0 Å². The molecule has 5 nitrogen and oxygen atoms in total. The van der Waals surface area contributed by atoms with Crippen LogP contribution in [0.3, 0.4) is 0 Å². The molecule has 0 aliphatic heterocycles. The molecule has 0 aromatic carbocycles. The summed E-state index contributed by atoms with van der Waals surface area (Å²) >= 11 is 0. The predicted octanol–water partition coefficient (Wildman–Crippen LogP) is -0.176. The first kappa shape index (κ1) is 12.2. The SMILES string of the molecule is COCCN(CCO)CCn1ccnc1. The first-order valence-corrected chi connectivity index (χ1v) is 5.14. The molecule has 15 heavy (non-hydrogen) atoms. The van der Waals surface area contributed by atoms with Crippen molar-refractivity contribution in [2.75, 3.05) is 40.0 Å². The summed E-state index contributed by atoms with van der Waals surface area (Å²) in [4.78, 5) is 6.15. The summed E-state index contributed by atoms with van der Waals surface area (Å²) in [5, 5.41) is 8.89. The van der Waals surface area contributed by atoms with E-state index < -0.39 is 0 Å². The highest BCUT2D eigenvalue weighted by Gasteiger charge is 2.03. The van der Waals surface area contributed by atoms with Crippen molar-refractivity contribution in [1.29, 1.82) is 0 Å². The van der Waals surface area contributed by atoms with Gasteiger partial charge in [0.2, 0.25) is 0 Å². The van der Waals surface area contributed by atoms with Gasteiger partial charge in [-0.3, -0.25) is 4.90 Å². The van der Waals surface area contributed by atoms with Gasteiger partial charge in [0.1, 0.15) is 0 Å². The van der Waals surface area contributed by atoms with Crippen molar-refractivity contribution in [3.63, 3.8) is 0 Å². The Balaban J connectivity index is 2.24. The Kier molecular flexibility index (Phi) is 5.99. The third-order valence-electron chi connectivity index (χ3n) is 2.26. The van der Waals surface area contributed by atoms with Gasteiger partial charge < -0.3 is 14.4 Å². The Hall–Kier alpha value is -0.910. The normalized spacial score (nSPS) is 11.1. The molecule has 0 saturated heterocycles. The first-order valence-electron chi connectivity index (χ1n) is 5.14. The topological polar surface area (TPSA) is 50.5 Å². The molecule has 1 aromatic rings. The smallest absolute Gasteiger partial charge is 0.0946 e. The largest absolute Gasteiger partial charge is 0.395 e. The van der Waals surface area contributed by atoms with Gasteiger partial charge in [-0.2, -0.15) is 0 Å². The standard InChI is InChI=1S/C10H19N3O2/c1-15-9-7-12(6-8-14)4-5-13-3-2-11-10-13/h2-3,10,14H,4-9H2,1H3. The van der Waals surface area contributed by atoms with E-state index in [2.05, 4.69) is 9.88 Å². The molecule has 1 rings (SSSR count). The summed E-state index contributed by atoms with van der Waals surface area (Å²) in [6.07, 6.45) is 5.51. The molecule has 1 aromatic heterocycles. The molecule has 0 unspecified atom stereocenters. The van der Waals surface area contributed by atoms with Crippen LogP contribution < -0.4 is 0 Å². The average Bonchev–Trinajstić information content (AvgIpc) is 2.75. The predicted molar refractivity (Wildman–Crippen MR) is 57.6 cm³/mol. The van der Waals surface area contributed by atoms with E-state index in [1.165, 1.54) is 0 Å². The molecular weight excluding hydrogens is 194 g/mol. The summed E-state index contributed by atoms with van der Waals surface area (Å²) in [6.45, 7) is 4.23. The van der Waals surface area contributed by atoms with E-state index in [-0.39, 0.29) is 6.61 Å². The van der Waals surface area contributed by atoms with Crippen LogP contribution >= 0.6 is 0 Å². The molecule has 86 valence electrons. The zero-order valence-electron chi connectivity index (χ0n) is 9.17. The van der Waals surface area contributed by atoms with Crippen LogP contribution in [0.15, 0.2) is 18.7 Å². The molecule has 1 heterocycles. The van der Waals surface area contributed by atoms with E-state index in [1.54, 1.807) is 19.6 Å². The minimum atomic E-state index is 0.188. The van der Waals surface area contributed by atoms with Gasteiger partial charge in [-0.05, 0) is 0 Å².